The number of aromatic amines is 1. The van der Waals surface area contributed by atoms with Gasteiger partial charge in [-0.15, -0.1) is 0 Å². The van der Waals surface area contributed by atoms with E-state index in [1.165, 1.54) is 7.11 Å². The van der Waals surface area contributed by atoms with Crippen molar-refractivity contribution in [3.8, 4) is 0 Å². The summed E-state index contributed by atoms with van der Waals surface area (Å²) in [4.78, 5) is 58.3. The Morgan fingerprint density at radius 2 is 1.79 bits per heavy atom. The maximum Gasteiger partial charge on any atom is 0.328 e. The molecule has 1 aromatic heterocycles. The normalized spacial score (nSPS) is 23.2. The van der Waals surface area contributed by atoms with Gasteiger partial charge in [0.25, 0.3) is 5.91 Å². The standard InChI is InChI=1S/C30H42N4O5/c1-16(2)13-21(32-25(35)20-14-17-11-9-10-12-19(17)31-20)27(37)34-15-18-22(30(18,6)7)23(34)26(36)33-24(28(38)39-8)29(3,4)5/h9-12,14,16,18,21-24,31H,13,15H2,1-8H3,(H,32,35)(H,33,36)/t18-,21-,22-,23-,24+/m0/s1. The van der Waals surface area contributed by atoms with Crippen LogP contribution in [0.25, 0.3) is 10.9 Å². The van der Waals surface area contributed by atoms with Gasteiger partial charge in [0.2, 0.25) is 11.8 Å². The lowest BCUT2D eigenvalue weighted by molar-refractivity contribution is -0.150. The monoisotopic (exact) mass is 538 g/mol. The van der Waals surface area contributed by atoms with Crippen LogP contribution in [0.2, 0.25) is 0 Å². The Labute approximate surface area is 230 Å². The number of rotatable bonds is 8. The minimum atomic E-state index is -0.860. The quantitative estimate of drug-likeness (QED) is 0.445. The van der Waals surface area contributed by atoms with Gasteiger partial charge in [0.05, 0.1) is 7.11 Å². The highest BCUT2D eigenvalue weighted by Gasteiger charge is 2.69. The molecule has 3 amide bonds. The van der Waals surface area contributed by atoms with Crippen molar-refractivity contribution in [2.24, 2.45) is 28.6 Å². The van der Waals surface area contributed by atoms with Crippen LogP contribution in [0.1, 0.15) is 65.4 Å². The van der Waals surface area contributed by atoms with Crippen molar-refractivity contribution >= 4 is 34.6 Å². The summed E-state index contributed by atoms with van der Waals surface area (Å²) >= 11 is 0. The molecule has 9 nitrogen and oxygen atoms in total. The summed E-state index contributed by atoms with van der Waals surface area (Å²) in [5.74, 6) is -1.25. The van der Waals surface area contributed by atoms with Crippen LogP contribution in [-0.2, 0) is 19.1 Å². The number of H-pyrrole nitrogens is 1. The zero-order valence-electron chi connectivity index (χ0n) is 24.3. The minimum absolute atomic E-state index is 0.0242. The number of likely N-dealkylation sites (tertiary alicyclic amines) is 1. The summed E-state index contributed by atoms with van der Waals surface area (Å²) in [6.07, 6.45) is 0.432. The molecule has 212 valence electrons. The summed E-state index contributed by atoms with van der Waals surface area (Å²) in [6, 6.07) is 6.99. The van der Waals surface area contributed by atoms with Crippen molar-refractivity contribution in [2.75, 3.05) is 13.7 Å². The number of hydrogen-bond donors (Lipinski definition) is 3. The van der Waals surface area contributed by atoms with E-state index < -0.39 is 29.5 Å². The van der Waals surface area contributed by atoms with Crippen molar-refractivity contribution in [2.45, 2.75) is 73.0 Å². The second-order valence-corrected chi connectivity index (χ2v) is 13.1. The van der Waals surface area contributed by atoms with E-state index in [0.717, 1.165) is 10.9 Å². The van der Waals surface area contributed by atoms with Gasteiger partial charge in [-0.05, 0) is 47.1 Å². The average Bonchev–Trinajstić information content (AvgIpc) is 3.23. The molecule has 5 atom stereocenters. The number of benzene rings is 1. The predicted octanol–water partition coefficient (Wildman–Crippen LogP) is 3.50. The largest absolute Gasteiger partial charge is 0.467 e. The Bertz CT molecular complexity index is 1240. The highest BCUT2D eigenvalue weighted by molar-refractivity contribution is 6.01. The first-order chi connectivity index (χ1) is 18.2. The van der Waals surface area contributed by atoms with Crippen LogP contribution in [0.4, 0.5) is 0 Å². The fraction of sp³-hybridized carbons (Fsp3) is 0.600. The Balaban J connectivity index is 1.58. The number of nitrogens with zero attached hydrogens (tertiary/aromatic N) is 1. The zero-order valence-corrected chi connectivity index (χ0v) is 24.3. The van der Waals surface area contributed by atoms with E-state index in [0.29, 0.717) is 18.7 Å². The molecular weight excluding hydrogens is 496 g/mol. The smallest absolute Gasteiger partial charge is 0.328 e. The van der Waals surface area contributed by atoms with Gasteiger partial charge in [0.15, 0.2) is 0 Å². The van der Waals surface area contributed by atoms with Crippen LogP contribution in [0.5, 0.6) is 0 Å². The number of ether oxygens (including phenoxy) is 1. The molecule has 4 rings (SSSR count). The van der Waals surface area contributed by atoms with Crippen LogP contribution < -0.4 is 10.6 Å². The number of methoxy groups -OCH3 is 1. The maximum absolute atomic E-state index is 14.0. The lowest BCUT2D eigenvalue weighted by atomic mass is 9.86. The number of nitrogens with one attached hydrogen (secondary N) is 3. The summed E-state index contributed by atoms with van der Waals surface area (Å²) in [5, 5.41) is 6.74. The second kappa shape index (κ2) is 10.3. The predicted molar refractivity (Wildman–Crippen MR) is 149 cm³/mol. The Kier molecular flexibility index (Phi) is 7.58. The molecule has 1 aliphatic carbocycles. The van der Waals surface area contributed by atoms with Crippen molar-refractivity contribution < 1.29 is 23.9 Å². The van der Waals surface area contributed by atoms with Gasteiger partial charge in [0, 0.05) is 17.4 Å². The molecule has 2 aromatic rings. The van der Waals surface area contributed by atoms with Gasteiger partial charge < -0.3 is 25.3 Å². The molecule has 0 unspecified atom stereocenters. The number of hydrogen-bond acceptors (Lipinski definition) is 5. The van der Waals surface area contributed by atoms with Gasteiger partial charge in [-0.1, -0.05) is 66.7 Å². The van der Waals surface area contributed by atoms with Gasteiger partial charge in [-0.25, -0.2) is 4.79 Å². The van der Waals surface area contributed by atoms with Crippen molar-refractivity contribution in [3.05, 3.63) is 36.0 Å². The second-order valence-electron chi connectivity index (χ2n) is 13.1. The minimum Gasteiger partial charge on any atom is -0.467 e. The van der Waals surface area contributed by atoms with Crippen LogP contribution in [0.3, 0.4) is 0 Å². The fourth-order valence-corrected chi connectivity index (χ4v) is 6.11. The SMILES string of the molecule is COC(=O)[C@@H](NC(=O)[C@@H]1[C@@H]2[C@H](CN1C(=O)[C@H](CC(C)C)NC(=O)c1cc3ccccc3[nH]1)C2(C)C)C(C)(C)C. The van der Waals surface area contributed by atoms with E-state index in [-0.39, 0.29) is 40.9 Å². The molecule has 2 fully saturated rings. The van der Waals surface area contributed by atoms with Gasteiger partial charge in [0.1, 0.15) is 23.8 Å². The van der Waals surface area contributed by atoms with Gasteiger partial charge >= 0.3 is 5.97 Å². The van der Waals surface area contributed by atoms with Gasteiger partial charge in [-0.3, -0.25) is 14.4 Å². The van der Waals surface area contributed by atoms with Crippen molar-refractivity contribution in [1.82, 2.24) is 20.5 Å². The first-order valence-electron chi connectivity index (χ1n) is 13.7. The number of carbonyl (C=O) groups excluding carboxylic acids is 4. The first-order valence-corrected chi connectivity index (χ1v) is 13.7. The Morgan fingerprint density at radius 3 is 2.38 bits per heavy atom. The fourth-order valence-electron chi connectivity index (χ4n) is 6.11. The third kappa shape index (κ3) is 5.54. The number of piperidine rings is 1. The van der Waals surface area contributed by atoms with E-state index in [2.05, 4.69) is 29.5 Å². The Morgan fingerprint density at radius 1 is 1.13 bits per heavy atom. The molecule has 39 heavy (non-hydrogen) atoms. The average molecular weight is 539 g/mol. The van der Waals surface area contributed by atoms with E-state index >= 15 is 0 Å². The third-order valence-electron chi connectivity index (χ3n) is 8.43. The van der Waals surface area contributed by atoms with E-state index in [9.17, 15) is 19.2 Å². The number of esters is 1. The number of aromatic nitrogens is 1. The first kappa shape index (κ1) is 28.6. The molecule has 1 saturated carbocycles. The summed E-state index contributed by atoms with van der Waals surface area (Å²) in [6.45, 7) is 14.2. The molecule has 2 heterocycles. The lowest BCUT2D eigenvalue weighted by Crippen LogP contribution is -2.59. The third-order valence-corrected chi connectivity index (χ3v) is 8.43. The molecule has 1 saturated heterocycles. The summed E-state index contributed by atoms with van der Waals surface area (Å²) in [5.41, 5.74) is 0.542. The number of amides is 3. The number of fused-ring (bicyclic) bond motifs is 2. The molecule has 9 heteroatoms. The molecule has 0 spiro atoms. The molecule has 0 radical (unpaired) electrons. The van der Waals surface area contributed by atoms with E-state index in [1.807, 2.05) is 58.9 Å². The molecule has 3 N–H and O–H groups in total. The highest BCUT2D eigenvalue weighted by Crippen LogP contribution is 2.65. The summed E-state index contributed by atoms with van der Waals surface area (Å²) in [7, 11) is 1.30. The molecule has 1 aliphatic heterocycles. The van der Waals surface area contributed by atoms with Crippen LogP contribution in [0, 0.1) is 28.6 Å². The number of carbonyl (C=O) groups is 4. The van der Waals surface area contributed by atoms with E-state index in [4.69, 9.17) is 4.74 Å². The molecule has 1 aromatic carbocycles. The molecular formula is C30H42N4O5. The van der Waals surface area contributed by atoms with Crippen molar-refractivity contribution in [3.63, 3.8) is 0 Å². The maximum atomic E-state index is 14.0. The van der Waals surface area contributed by atoms with Crippen LogP contribution >= 0.6 is 0 Å². The Hall–Kier alpha value is -3.36. The molecule has 2 aliphatic rings. The lowest BCUT2D eigenvalue weighted by Gasteiger charge is -2.35. The summed E-state index contributed by atoms with van der Waals surface area (Å²) < 4.78 is 4.96. The van der Waals surface area contributed by atoms with Crippen LogP contribution in [-0.4, -0.2) is 65.4 Å². The van der Waals surface area contributed by atoms with E-state index in [1.54, 1.807) is 11.0 Å². The zero-order chi connectivity index (χ0) is 28.9. The highest BCUT2D eigenvalue weighted by atomic mass is 16.5. The number of para-hydroxylation sites is 1. The van der Waals surface area contributed by atoms with Crippen molar-refractivity contribution in [1.29, 1.82) is 0 Å². The molecule has 0 bridgehead atoms. The topological polar surface area (TPSA) is 121 Å². The van der Waals surface area contributed by atoms with Gasteiger partial charge in [-0.2, -0.15) is 0 Å². The van der Waals surface area contributed by atoms with Crippen LogP contribution in [0.15, 0.2) is 30.3 Å².